The monoisotopic (exact) mass is 514 g/mol. The van der Waals surface area contributed by atoms with Crippen LogP contribution in [0.5, 0.6) is 0 Å². The van der Waals surface area contributed by atoms with E-state index in [1.807, 2.05) is 12.1 Å². The molecule has 2 saturated carbocycles. The highest BCUT2D eigenvalue weighted by Gasteiger charge is 2.34. The van der Waals surface area contributed by atoms with Gasteiger partial charge in [0.05, 0.1) is 10.5 Å². The van der Waals surface area contributed by atoms with Gasteiger partial charge in [-0.05, 0) is 63.5 Å². The standard InChI is InChI=1S/C26H31ClN4O5/c1-14-20-23(30-36-14)21-18(27)11-6-12-19(21)31(25(20)33)17-10-5-9-16(13-17)28-24(32)22(29-26(34)35)15-7-3-2-4-8-15/h6,11-12,15-17,22,29H,2-5,7-10,13H2,1H3,(H,28,32)(H,34,35). The maximum Gasteiger partial charge on any atom is 0.405 e. The van der Waals surface area contributed by atoms with Gasteiger partial charge in [0.25, 0.3) is 5.56 Å². The van der Waals surface area contributed by atoms with Crippen molar-refractivity contribution < 1.29 is 19.2 Å². The van der Waals surface area contributed by atoms with Gasteiger partial charge in [-0.3, -0.25) is 9.59 Å². The molecule has 0 aliphatic heterocycles. The molecule has 2 aromatic heterocycles. The molecule has 2 fully saturated rings. The van der Waals surface area contributed by atoms with Gasteiger partial charge in [0, 0.05) is 17.5 Å². The van der Waals surface area contributed by atoms with Crippen molar-refractivity contribution in [1.29, 1.82) is 0 Å². The molecule has 36 heavy (non-hydrogen) atoms. The van der Waals surface area contributed by atoms with Crippen molar-refractivity contribution >= 4 is 45.4 Å². The molecule has 10 heteroatoms. The van der Waals surface area contributed by atoms with Gasteiger partial charge in [-0.15, -0.1) is 0 Å². The topological polar surface area (TPSA) is 126 Å². The van der Waals surface area contributed by atoms with E-state index in [-0.39, 0.29) is 29.5 Å². The zero-order valence-corrected chi connectivity index (χ0v) is 21.0. The molecule has 2 heterocycles. The maximum absolute atomic E-state index is 13.7. The number of fused-ring (bicyclic) bond motifs is 3. The third-order valence-corrected chi connectivity index (χ3v) is 8.14. The van der Waals surface area contributed by atoms with Crippen LogP contribution in [0.1, 0.15) is 69.6 Å². The van der Waals surface area contributed by atoms with E-state index in [0.717, 1.165) is 51.4 Å². The summed E-state index contributed by atoms with van der Waals surface area (Å²) in [6, 6.07) is 4.36. The van der Waals surface area contributed by atoms with Gasteiger partial charge < -0.3 is 24.8 Å². The second-order valence-electron chi connectivity index (χ2n) is 10.1. The number of hydrogen-bond acceptors (Lipinski definition) is 5. The first-order valence-corrected chi connectivity index (χ1v) is 13.1. The Morgan fingerprint density at radius 2 is 1.92 bits per heavy atom. The molecule has 0 saturated heterocycles. The number of amides is 2. The zero-order chi connectivity index (χ0) is 25.4. The predicted molar refractivity (Wildman–Crippen MR) is 136 cm³/mol. The summed E-state index contributed by atoms with van der Waals surface area (Å²) in [4.78, 5) is 38.3. The molecule has 9 nitrogen and oxygen atoms in total. The lowest BCUT2D eigenvalue weighted by Gasteiger charge is -2.34. The van der Waals surface area contributed by atoms with Crippen molar-refractivity contribution in [3.05, 3.63) is 39.3 Å². The number of halogens is 1. The van der Waals surface area contributed by atoms with E-state index in [0.29, 0.717) is 39.0 Å². The van der Waals surface area contributed by atoms with Crippen LogP contribution in [-0.2, 0) is 4.79 Å². The first kappa shape index (κ1) is 24.6. The minimum Gasteiger partial charge on any atom is -0.465 e. The lowest BCUT2D eigenvalue weighted by atomic mass is 9.83. The number of aryl methyl sites for hydroxylation is 1. The average Bonchev–Trinajstić information content (AvgIpc) is 3.25. The molecule has 0 bridgehead atoms. The number of carboxylic acid groups (broad SMARTS) is 1. The normalized spacial score (nSPS) is 21.9. The number of benzene rings is 1. The predicted octanol–water partition coefficient (Wildman–Crippen LogP) is 4.92. The summed E-state index contributed by atoms with van der Waals surface area (Å²) in [5.74, 6) is 0.170. The fraction of sp³-hybridized carbons (Fsp3) is 0.538. The lowest BCUT2D eigenvalue weighted by Crippen LogP contribution is -2.54. The van der Waals surface area contributed by atoms with Crippen molar-refractivity contribution in [3.8, 4) is 0 Å². The molecule has 3 N–H and O–H groups in total. The quantitative estimate of drug-likeness (QED) is 0.443. The van der Waals surface area contributed by atoms with E-state index in [4.69, 9.17) is 16.1 Å². The van der Waals surface area contributed by atoms with E-state index >= 15 is 0 Å². The Morgan fingerprint density at radius 3 is 2.67 bits per heavy atom. The molecule has 2 amide bonds. The minimum absolute atomic E-state index is 0.00177. The fourth-order valence-electron chi connectivity index (χ4n) is 6.15. The summed E-state index contributed by atoms with van der Waals surface area (Å²) in [7, 11) is 0. The van der Waals surface area contributed by atoms with E-state index < -0.39 is 12.1 Å². The Morgan fingerprint density at radius 1 is 1.14 bits per heavy atom. The zero-order valence-electron chi connectivity index (χ0n) is 20.3. The van der Waals surface area contributed by atoms with Gasteiger partial charge >= 0.3 is 6.09 Å². The summed E-state index contributed by atoms with van der Waals surface area (Å²) in [5.41, 5.74) is 0.978. The molecule has 192 valence electrons. The molecular weight excluding hydrogens is 484 g/mol. The van der Waals surface area contributed by atoms with Gasteiger partial charge in [-0.25, -0.2) is 4.79 Å². The number of hydrogen-bond donors (Lipinski definition) is 3. The van der Waals surface area contributed by atoms with Crippen molar-refractivity contribution in [1.82, 2.24) is 20.4 Å². The Hall–Kier alpha value is -3.07. The molecule has 0 radical (unpaired) electrons. The Bertz CT molecular complexity index is 1360. The van der Waals surface area contributed by atoms with E-state index in [9.17, 15) is 19.5 Å². The van der Waals surface area contributed by atoms with Gasteiger partial charge in [0.1, 0.15) is 22.7 Å². The van der Waals surface area contributed by atoms with Crippen LogP contribution in [-0.4, -0.2) is 38.9 Å². The number of carbonyl (C=O) groups is 2. The van der Waals surface area contributed by atoms with Crippen LogP contribution in [0.15, 0.2) is 27.5 Å². The van der Waals surface area contributed by atoms with Crippen LogP contribution in [0.2, 0.25) is 5.02 Å². The van der Waals surface area contributed by atoms with Crippen molar-refractivity contribution in [2.24, 2.45) is 5.92 Å². The molecule has 3 unspecified atom stereocenters. The highest BCUT2D eigenvalue weighted by Crippen LogP contribution is 2.35. The highest BCUT2D eigenvalue weighted by molar-refractivity contribution is 6.37. The highest BCUT2D eigenvalue weighted by atomic mass is 35.5. The number of aromatic nitrogens is 2. The van der Waals surface area contributed by atoms with E-state index in [1.165, 1.54) is 0 Å². The number of nitrogens with zero attached hydrogens (tertiary/aromatic N) is 2. The number of pyridine rings is 1. The van der Waals surface area contributed by atoms with Crippen LogP contribution < -0.4 is 16.2 Å². The summed E-state index contributed by atoms with van der Waals surface area (Å²) >= 11 is 6.55. The van der Waals surface area contributed by atoms with Gasteiger partial charge in [-0.1, -0.05) is 42.1 Å². The van der Waals surface area contributed by atoms with Crippen molar-refractivity contribution in [2.75, 3.05) is 0 Å². The number of rotatable bonds is 5. The summed E-state index contributed by atoms with van der Waals surface area (Å²) in [6.45, 7) is 1.72. The van der Waals surface area contributed by atoms with Crippen LogP contribution in [0.25, 0.3) is 21.8 Å². The SMILES string of the molecule is Cc1onc2c1c(=O)n(C1CCCC(NC(=O)C(NC(=O)O)C3CCCCC3)C1)c1cccc(Cl)c21. The number of nitrogens with one attached hydrogen (secondary N) is 2. The first-order valence-electron chi connectivity index (χ1n) is 12.7. The van der Waals surface area contributed by atoms with Crippen LogP contribution in [0.4, 0.5) is 4.79 Å². The average molecular weight is 515 g/mol. The maximum atomic E-state index is 13.7. The summed E-state index contributed by atoms with van der Waals surface area (Å²) in [5, 5.41) is 20.6. The third-order valence-electron chi connectivity index (χ3n) is 7.82. The molecular formula is C26H31ClN4O5. The van der Waals surface area contributed by atoms with Gasteiger partial charge in [0.15, 0.2) is 0 Å². The van der Waals surface area contributed by atoms with E-state index in [1.54, 1.807) is 17.6 Å². The first-order chi connectivity index (χ1) is 17.3. The Balaban J connectivity index is 1.44. The van der Waals surface area contributed by atoms with E-state index in [2.05, 4.69) is 15.8 Å². The second kappa shape index (κ2) is 10.1. The van der Waals surface area contributed by atoms with Crippen molar-refractivity contribution in [3.63, 3.8) is 0 Å². The molecule has 3 aromatic rings. The summed E-state index contributed by atoms with van der Waals surface area (Å²) in [6.07, 6.45) is 6.56. The molecule has 3 atom stereocenters. The minimum atomic E-state index is -1.19. The molecule has 1 aromatic carbocycles. The smallest absolute Gasteiger partial charge is 0.405 e. The largest absolute Gasteiger partial charge is 0.465 e. The Kier molecular flexibility index (Phi) is 6.92. The van der Waals surface area contributed by atoms with Crippen LogP contribution in [0.3, 0.4) is 0 Å². The lowest BCUT2D eigenvalue weighted by molar-refractivity contribution is -0.125. The Labute approximate surface area is 213 Å². The number of carbonyl (C=O) groups excluding carboxylic acids is 1. The fourth-order valence-corrected chi connectivity index (χ4v) is 6.41. The molecule has 2 aliphatic carbocycles. The molecule has 2 aliphatic rings. The van der Waals surface area contributed by atoms with Gasteiger partial charge in [0.2, 0.25) is 5.91 Å². The van der Waals surface area contributed by atoms with Crippen LogP contribution >= 0.6 is 11.6 Å². The molecule has 0 spiro atoms. The summed E-state index contributed by atoms with van der Waals surface area (Å²) < 4.78 is 7.13. The molecule has 5 rings (SSSR count). The third kappa shape index (κ3) is 4.56. The van der Waals surface area contributed by atoms with Crippen molar-refractivity contribution in [2.45, 2.75) is 82.8 Å². The van der Waals surface area contributed by atoms with Gasteiger partial charge in [-0.2, -0.15) is 0 Å². The van der Waals surface area contributed by atoms with Crippen LogP contribution in [0, 0.1) is 12.8 Å². The second-order valence-corrected chi connectivity index (χ2v) is 10.5.